The molecule has 3 amide bonds. The van der Waals surface area contributed by atoms with Gasteiger partial charge >= 0.3 is 33.7 Å². The third kappa shape index (κ3) is 17.0. The number of nitrogens with zero attached hydrogens (tertiary/aromatic N) is 14. The quantitative estimate of drug-likeness (QED) is 0.0570. The third-order valence-electron chi connectivity index (χ3n) is 18.6. The van der Waals surface area contributed by atoms with E-state index in [0.717, 1.165) is 12.1 Å². The van der Waals surface area contributed by atoms with E-state index in [1.165, 1.54) is 73.6 Å². The Morgan fingerprint density at radius 1 is 0.443 bits per heavy atom. The van der Waals surface area contributed by atoms with E-state index in [2.05, 4.69) is 0 Å². The van der Waals surface area contributed by atoms with Crippen LogP contribution in [0.5, 0.6) is 0 Å². The van der Waals surface area contributed by atoms with Gasteiger partial charge in [-0.05, 0) is 161 Å². The lowest BCUT2D eigenvalue weighted by molar-refractivity contribution is -0.385. The van der Waals surface area contributed by atoms with E-state index in [0.29, 0.717) is 123 Å². The maximum absolute atomic E-state index is 13.5. The molecule has 552 valence electrons. The summed E-state index contributed by atoms with van der Waals surface area (Å²) >= 11 is 20.2. The summed E-state index contributed by atoms with van der Waals surface area (Å²) < 4.78 is 30.8. The minimum Gasteiger partial charge on any atom is -0.362 e. The van der Waals surface area contributed by atoms with Crippen molar-refractivity contribution in [2.45, 2.75) is 26.1 Å². The SMILES string of the molecule is CN(C)CCCn1c(=O)c([N+](=O)[O-])c(N2CCN(C(=O)c3cccs3)CC2)c2cc(Cl)ccc21.CN(C)CCn1c(=O)c([N+](=O)[O-])c(N2CCN(C(=O)c3ccc(F)cc3)CC2)c2cc(Cl)ccc21.O=C(c1ccc(F)cc1)N1CCN(c2c([N+](=O)[O-])c(=O)n(Cc3ccccc3)c3ccc(Cl)cc23)CC1. The Kier molecular flexibility index (Phi) is 24.2. The monoisotopic (exact) mass is 1520 g/mol. The van der Waals surface area contributed by atoms with E-state index in [-0.39, 0.29) is 87.1 Å². The van der Waals surface area contributed by atoms with Crippen molar-refractivity contribution in [1.29, 1.82) is 0 Å². The maximum atomic E-state index is 13.5. The molecule has 0 bridgehead atoms. The molecule has 0 atom stereocenters. The van der Waals surface area contributed by atoms with Gasteiger partial charge in [-0.1, -0.05) is 71.2 Å². The highest BCUT2D eigenvalue weighted by atomic mass is 35.5. The van der Waals surface area contributed by atoms with Gasteiger partial charge in [0, 0.05) is 141 Å². The molecule has 106 heavy (non-hydrogen) atoms. The third-order valence-corrected chi connectivity index (χ3v) is 20.1. The zero-order valence-electron chi connectivity index (χ0n) is 58.1. The van der Waals surface area contributed by atoms with Crippen LogP contribution in [0.3, 0.4) is 0 Å². The van der Waals surface area contributed by atoms with Crippen LogP contribution in [0.25, 0.3) is 32.7 Å². The van der Waals surface area contributed by atoms with Crippen LogP contribution >= 0.6 is 46.1 Å². The second kappa shape index (κ2) is 33.6. The van der Waals surface area contributed by atoms with E-state index >= 15 is 0 Å². The summed E-state index contributed by atoms with van der Waals surface area (Å²) in [5.74, 6) is -1.40. The number of halogens is 5. The molecule has 32 heteroatoms. The molecule has 0 spiro atoms. The molecule has 4 aromatic heterocycles. The lowest BCUT2D eigenvalue weighted by atomic mass is 10.1. The van der Waals surface area contributed by atoms with E-state index < -0.39 is 60.1 Å². The molecule has 0 aliphatic carbocycles. The first kappa shape index (κ1) is 76.4. The molecule has 3 saturated heterocycles. The van der Waals surface area contributed by atoms with Crippen molar-refractivity contribution in [2.75, 3.05) is 135 Å². The van der Waals surface area contributed by atoms with Gasteiger partial charge in [-0.3, -0.25) is 63.7 Å². The molecule has 3 aliphatic rings. The summed E-state index contributed by atoms with van der Waals surface area (Å²) in [5, 5.41) is 41.2. The number of aryl methyl sites for hydroxylation is 1. The average Bonchev–Trinajstić information content (AvgIpc) is 0.805. The zero-order valence-corrected chi connectivity index (χ0v) is 61.2. The summed E-state index contributed by atoms with van der Waals surface area (Å²) in [7, 11) is 7.60. The number of anilines is 3. The fraction of sp³-hybridized carbons (Fsp3) is 0.297. The minimum absolute atomic E-state index is 0.0478. The number of carbonyl (C=O) groups excluding carboxylic acids is 3. The van der Waals surface area contributed by atoms with E-state index in [9.17, 15) is 67.9 Å². The van der Waals surface area contributed by atoms with Gasteiger partial charge < -0.3 is 48.3 Å². The Morgan fingerprint density at radius 2 is 0.802 bits per heavy atom. The summed E-state index contributed by atoms with van der Waals surface area (Å²) in [4.78, 5) is 128. The van der Waals surface area contributed by atoms with Crippen molar-refractivity contribution in [3.8, 4) is 0 Å². The molecule has 3 aliphatic heterocycles. The second-order valence-electron chi connectivity index (χ2n) is 25.9. The number of hydrogen-bond donors (Lipinski definition) is 0. The number of aromatic nitrogens is 3. The molecule has 7 heterocycles. The van der Waals surface area contributed by atoms with E-state index in [4.69, 9.17) is 34.8 Å². The van der Waals surface area contributed by atoms with Crippen molar-refractivity contribution in [2.24, 2.45) is 0 Å². The Morgan fingerprint density at radius 3 is 1.16 bits per heavy atom. The highest BCUT2D eigenvalue weighted by molar-refractivity contribution is 7.12. The Labute approximate surface area is 624 Å². The molecule has 0 unspecified atom stereocenters. The highest BCUT2D eigenvalue weighted by Gasteiger charge is 2.37. The largest absolute Gasteiger partial charge is 0.362 e. The Bertz CT molecular complexity index is 5170. The van der Waals surface area contributed by atoms with E-state index in [1.807, 2.05) is 84.7 Å². The molecule has 0 N–H and O–H groups in total. The van der Waals surface area contributed by atoms with Gasteiger partial charge in [0.25, 0.3) is 17.7 Å². The van der Waals surface area contributed by atoms with Crippen LogP contribution in [0.2, 0.25) is 15.1 Å². The number of pyridine rings is 3. The first-order valence-corrected chi connectivity index (χ1v) is 35.8. The number of amides is 3. The fourth-order valence-electron chi connectivity index (χ4n) is 13.4. The standard InChI is InChI=1S/C27H22ClFN4O4.C24H25ClFN5O4.C23H26ClN5O4S/c28-20-8-11-23-22(16-20)24(25(33(36)37)27(35)32(23)17-18-4-2-1-3-5-18)30-12-14-31(15-13-30)26(34)19-6-9-21(29)10-7-19;1-27(2)9-14-30-20-8-5-17(25)15-19(20)21(22(24(30)33)31(34)35)28-10-12-29(13-11-28)23(32)16-3-6-18(26)7-4-16;1-25(2)8-4-9-28-18-7-6-16(24)15-17(18)20(21(23(28)31)29(32)33)26-10-12-27(13-11-26)22(30)19-5-3-14-34-19/h1-11,16H,12-15,17H2;3-8,15H,9-14H2,1-2H3;3,5-7,14-15H,4,8-13H2,1-2H3. The van der Waals surface area contributed by atoms with Gasteiger partial charge in [0.1, 0.15) is 28.7 Å². The molecule has 10 aromatic rings. The fourth-order valence-corrected chi connectivity index (χ4v) is 14.6. The van der Waals surface area contributed by atoms with Crippen LogP contribution in [0, 0.1) is 42.0 Å². The van der Waals surface area contributed by atoms with Gasteiger partial charge in [-0.2, -0.15) is 0 Å². The molecular formula is C74H73Cl3F2N14O12S. The van der Waals surface area contributed by atoms with E-state index in [1.54, 1.807) is 85.2 Å². The minimum atomic E-state index is -0.705. The van der Waals surface area contributed by atoms with Crippen molar-refractivity contribution in [1.82, 2.24) is 38.2 Å². The summed E-state index contributed by atoms with van der Waals surface area (Å²) in [5.41, 5.74) is 0.488. The number of rotatable bonds is 18. The summed E-state index contributed by atoms with van der Waals surface area (Å²) in [6.45, 7) is 5.92. The Balaban J connectivity index is 0.000000159. The highest BCUT2D eigenvalue weighted by Crippen LogP contribution is 2.40. The van der Waals surface area contributed by atoms with Gasteiger partial charge in [0.15, 0.2) is 0 Å². The number of carbonyl (C=O) groups is 3. The molecule has 13 rings (SSSR count). The number of hydrogen-bond acceptors (Lipinski definition) is 18. The van der Waals surface area contributed by atoms with Crippen molar-refractivity contribution in [3.63, 3.8) is 0 Å². The summed E-state index contributed by atoms with van der Waals surface area (Å²) in [6.07, 6.45) is 0.671. The van der Waals surface area contributed by atoms with Crippen LogP contribution in [-0.2, 0) is 19.6 Å². The molecular weight excluding hydrogens is 1450 g/mol. The van der Waals surface area contributed by atoms with Gasteiger partial charge in [0.2, 0.25) is 0 Å². The summed E-state index contributed by atoms with van der Waals surface area (Å²) in [6, 6.07) is 38.6. The maximum Gasteiger partial charge on any atom is 0.357 e. The van der Waals surface area contributed by atoms with Crippen LogP contribution in [0.4, 0.5) is 42.9 Å². The van der Waals surface area contributed by atoms with Crippen molar-refractivity contribution >= 4 is 131 Å². The normalized spacial score (nSPS) is 14.0. The first-order chi connectivity index (χ1) is 50.8. The average molecular weight is 1530 g/mol. The number of fused-ring (bicyclic) bond motifs is 3. The van der Waals surface area contributed by atoms with Crippen LogP contribution in [0.15, 0.2) is 165 Å². The number of nitro groups is 3. The van der Waals surface area contributed by atoms with Crippen molar-refractivity contribution in [3.05, 3.63) is 261 Å². The van der Waals surface area contributed by atoms with Gasteiger partial charge in [-0.15, -0.1) is 11.3 Å². The number of piperazine rings is 3. The van der Waals surface area contributed by atoms with Crippen molar-refractivity contribution < 1.29 is 37.9 Å². The molecule has 3 fully saturated rings. The molecule has 6 aromatic carbocycles. The second-order valence-corrected chi connectivity index (χ2v) is 28.2. The van der Waals surface area contributed by atoms with Crippen LogP contribution in [-0.4, -0.2) is 191 Å². The van der Waals surface area contributed by atoms with Gasteiger partial charge in [0.05, 0.1) is 42.7 Å². The molecule has 0 radical (unpaired) electrons. The predicted octanol–water partition coefficient (Wildman–Crippen LogP) is 11.5. The lowest BCUT2D eigenvalue weighted by Crippen LogP contribution is -2.49. The topological polar surface area (TPSA) is 273 Å². The number of benzene rings is 6. The Hall–Kier alpha value is -10.7. The van der Waals surface area contributed by atoms with Crippen LogP contribution < -0.4 is 31.4 Å². The number of likely N-dealkylation sites (N-methyl/N-ethyl adjacent to an activating group) is 1. The predicted molar refractivity (Wildman–Crippen MR) is 408 cm³/mol. The van der Waals surface area contributed by atoms with Crippen LogP contribution in [0.1, 0.15) is 42.4 Å². The molecule has 26 nitrogen and oxygen atoms in total. The zero-order chi connectivity index (χ0) is 75.8. The lowest BCUT2D eigenvalue weighted by Gasteiger charge is -2.36. The smallest absolute Gasteiger partial charge is 0.357 e. The van der Waals surface area contributed by atoms with Gasteiger partial charge in [-0.25, -0.2) is 8.78 Å². The number of thiophene rings is 1. The molecule has 0 saturated carbocycles. The first-order valence-electron chi connectivity index (χ1n) is 33.8.